The second-order valence-electron chi connectivity index (χ2n) is 10.6. The van der Waals surface area contributed by atoms with Crippen molar-refractivity contribution < 1.29 is 52.4 Å². The zero-order valence-corrected chi connectivity index (χ0v) is 24.3. The number of rotatable bonds is 23. The summed E-state index contributed by atoms with van der Waals surface area (Å²) in [6.45, 7) is 1.28. The summed E-state index contributed by atoms with van der Waals surface area (Å²) in [5, 5.41) is 39.5. The Morgan fingerprint density at radius 2 is 1.28 bits per heavy atom. The van der Waals surface area contributed by atoms with Crippen LogP contribution in [0.25, 0.3) is 0 Å². The summed E-state index contributed by atoms with van der Waals surface area (Å²) < 4.78 is 46.9. The van der Waals surface area contributed by atoms with Gasteiger partial charge < -0.3 is 34.6 Å². The first-order chi connectivity index (χ1) is 18.6. The topological polar surface area (TPSA) is 180 Å². The lowest BCUT2D eigenvalue weighted by Crippen LogP contribution is -2.60. The monoisotopic (exact) mass is 584 g/mol. The van der Waals surface area contributed by atoms with Crippen molar-refractivity contribution in [3.8, 4) is 0 Å². The standard InChI is InChI=1S/C27H52O11S/c1-2-3-4-5-6-7-8-9-10-11-12-13-14-15-16-17-23(29)36-19-21(18-28)37-27-26(32)25(31)24(30)22(38-27)20-39(33,34)35/h21-22,24-28,30-32H,2-20H2,1H3,(H,33,34,35)/t21?,22-,24-,25+,26-,27-/m1/s1. The van der Waals surface area contributed by atoms with E-state index in [1.165, 1.54) is 70.6 Å². The van der Waals surface area contributed by atoms with Gasteiger partial charge in [-0.2, -0.15) is 8.42 Å². The molecule has 1 heterocycles. The lowest BCUT2D eigenvalue weighted by molar-refractivity contribution is -0.307. The highest BCUT2D eigenvalue weighted by atomic mass is 32.2. The summed E-state index contributed by atoms with van der Waals surface area (Å²) in [7, 11) is -4.55. The molecule has 0 saturated carbocycles. The van der Waals surface area contributed by atoms with Gasteiger partial charge in [0, 0.05) is 6.42 Å². The number of aliphatic hydroxyl groups excluding tert-OH is 4. The molecule has 6 atom stereocenters. The van der Waals surface area contributed by atoms with Gasteiger partial charge >= 0.3 is 5.97 Å². The first-order valence-electron chi connectivity index (χ1n) is 14.7. The Bertz CT molecular complexity index is 733. The van der Waals surface area contributed by atoms with Gasteiger partial charge in [-0.15, -0.1) is 0 Å². The minimum absolute atomic E-state index is 0.223. The number of hydrogen-bond acceptors (Lipinski definition) is 10. The van der Waals surface area contributed by atoms with Crippen molar-refractivity contribution in [1.29, 1.82) is 0 Å². The van der Waals surface area contributed by atoms with Crippen molar-refractivity contribution in [3.05, 3.63) is 0 Å². The second-order valence-corrected chi connectivity index (χ2v) is 12.1. The van der Waals surface area contributed by atoms with E-state index in [0.29, 0.717) is 6.42 Å². The van der Waals surface area contributed by atoms with Crippen LogP contribution < -0.4 is 0 Å². The summed E-state index contributed by atoms with van der Waals surface area (Å²) in [6.07, 6.45) is 8.87. The third kappa shape index (κ3) is 16.9. The third-order valence-electron chi connectivity index (χ3n) is 6.99. The van der Waals surface area contributed by atoms with Crippen LogP contribution in [0.3, 0.4) is 0 Å². The van der Waals surface area contributed by atoms with E-state index in [1.807, 2.05) is 0 Å². The molecule has 0 aromatic carbocycles. The summed E-state index contributed by atoms with van der Waals surface area (Å²) in [6, 6.07) is 0. The van der Waals surface area contributed by atoms with Crippen molar-refractivity contribution in [2.24, 2.45) is 0 Å². The average Bonchev–Trinajstić information content (AvgIpc) is 2.89. The molecule has 0 aliphatic carbocycles. The fourth-order valence-electron chi connectivity index (χ4n) is 4.60. The van der Waals surface area contributed by atoms with Crippen LogP contribution in [-0.2, 0) is 29.1 Å². The normalized spacial score (nSPS) is 24.5. The van der Waals surface area contributed by atoms with Crippen LogP contribution in [0.15, 0.2) is 0 Å². The van der Waals surface area contributed by atoms with E-state index in [1.54, 1.807) is 0 Å². The molecule has 0 amide bonds. The Morgan fingerprint density at radius 1 is 0.795 bits per heavy atom. The number of carbonyl (C=O) groups excluding carboxylic acids is 1. The molecule has 1 aliphatic heterocycles. The molecular weight excluding hydrogens is 532 g/mol. The first kappa shape index (κ1) is 36.2. The maximum absolute atomic E-state index is 12.1. The predicted molar refractivity (Wildman–Crippen MR) is 146 cm³/mol. The SMILES string of the molecule is CCCCCCCCCCCCCCCCCC(=O)OCC(CO)O[C@@H]1O[C@H](CS(=O)(=O)O)[C@@H](O)[C@H](O)[C@H]1O. The zero-order chi connectivity index (χ0) is 29.1. The Morgan fingerprint density at radius 3 is 1.74 bits per heavy atom. The van der Waals surface area contributed by atoms with Gasteiger partial charge in [-0.3, -0.25) is 9.35 Å². The molecule has 39 heavy (non-hydrogen) atoms. The van der Waals surface area contributed by atoms with E-state index in [2.05, 4.69) is 6.92 Å². The number of ether oxygens (including phenoxy) is 3. The molecule has 1 aliphatic rings. The number of carbonyl (C=O) groups is 1. The van der Waals surface area contributed by atoms with Crippen molar-refractivity contribution in [2.75, 3.05) is 19.0 Å². The van der Waals surface area contributed by atoms with Gasteiger partial charge in [0.25, 0.3) is 10.1 Å². The quantitative estimate of drug-likeness (QED) is 0.0677. The maximum Gasteiger partial charge on any atom is 0.305 e. The van der Waals surface area contributed by atoms with Crippen LogP contribution in [-0.4, -0.2) is 95.1 Å². The zero-order valence-electron chi connectivity index (χ0n) is 23.5. The number of unbranched alkanes of at least 4 members (excludes halogenated alkanes) is 14. The third-order valence-corrected chi connectivity index (χ3v) is 7.74. The Hall–Kier alpha value is -0.860. The largest absolute Gasteiger partial charge is 0.463 e. The molecule has 1 unspecified atom stereocenters. The Labute approximate surface area is 234 Å². The fraction of sp³-hybridized carbons (Fsp3) is 0.963. The van der Waals surface area contributed by atoms with E-state index < -0.39 is 65.3 Å². The number of hydrogen-bond donors (Lipinski definition) is 5. The van der Waals surface area contributed by atoms with E-state index in [0.717, 1.165) is 19.3 Å². The summed E-state index contributed by atoms with van der Waals surface area (Å²) in [4.78, 5) is 12.1. The van der Waals surface area contributed by atoms with E-state index in [9.17, 15) is 33.6 Å². The van der Waals surface area contributed by atoms with Crippen LogP contribution in [0.4, 0.5) is 0 Å². The highest BCUT2D eigenvalue weighted by molar-refractivity contribution is 7.85. The van der Waals surface area contributed by atoms with Gasteiger partial charge in [0.05, 0.1) is 6.61 Å². The van der Waals surface area contributed by atoms with Gasteiger partial charge in [0.2, 0.25) is 0 Å². The molecule has 232 valence electrons. The molecule has 1 fully saturated rings. The minimum atomic E-state index is -4.55. The molecule has 0 aromatic rings. The summed E-state index contributed by atoms with van der Waals surface area (Å²) in [5.74, 6) is -1.49. The highest BCUT2D eigenvalue weighted by Crippen LogP contribution is 2.24. The van der Waals surface area contributed by atoms with Gasteiger partial charge in [-0.25, -0.2) is 0 Å². The predicted octanol–water partition coefficient (Wildman–Crippen LogP) is 2.86. The highest BCUT2D eigenvalue weighted by Gasteiger charge is 2.46. The smallest absolute Gasteiger partial charge is 0.305 e. The van der Waals surface area contributed by atoms with Crippen molar-refractivity contribution in [3.63, 3.8) is 0 Å². The van der Waals surface area contributed by atoms with Crippen molar-refractivity contribution in [1.82, 2.24) is 0 Å². The summed E-state index contributed by atoms with van der Waals surface area (Å²) in [5.41, 5.74) is 0. The Balaban J connectivity index is 2.14. The van der Waals surface area contributed by atoms with Crippen LogP contribution in [0.5, 0.6) is 0 Å². The van der Waals surface area contributed by atoms with E-state index in [-0.39, 0.29) is 13.0 Å². The van der Waals surface area contributed by atoms with E-state index >= 15 is 0 Å². The second kappa shape index (κ2) is 20.9. The molecule has 11 nitrogen and oxygen atoms in total. The lowest BCUT2D eigenvalue weighted by Gasteiger charge is -2.40. The molecule has 1 rings (SSSR count). The minimum Gasteiger partial charge on any atom is -0.463 e. The first-order valence-corrected chi connectivity index (χ1v) is 16.3. The average molecular weight is 585 g/mol. The molecule has 0 radical (unpaired) electrons. The fourth-order valence-corrected chi connectivity index (χ4v) is 5.29. The van der Waals surface area contributed by atoms with Gasteiger partial charge in [0.15, 0.2) is 6.29 Å². The molecule has 1 saturated heterocycles. The van der Waals surface area contributed by atoms with Gasteiger partial charge in [0.1, 0.15) is 42.9 Å². The molecule has 0 spiro atoms. The lowest BCUT2D eigenvalue weighted by atomic mass is 10.00. The summed E-state index contributed by atoms with van der Waals surface area (Å²) >= 11 is 0. The molecule has 0 bridgehead atoms. The van der Waals surface area contributed by atoms with Gasteiger partial charge in [-0.1, -0.05) is 96.8 Å². The molecule has 12 heteroatoms. The number of aliphatic hydroxyl groups is 4. The Kier molecular flexibility index (Phi) is 19.4. The van der Waals surface area contributed by atoms with Crippen LogP contribution in [0.2, 0.25) is 0 Å². The van der Waals surface area contributed by atoms with Crippen molar-refractivity contribution >= 4 is 16.1 Å². The van der Waals surface area contributed by atoms with Crippen LogP contribution in [0, 0.1) is 0 Å². The number of esters is 1. The maximum atomic E-state index is 12.1. The van der Waals surface area contributed by atoms with Crippen LogP contribution >= 0.6 is 0 Å². The molecule has 0 aromatic heterocycles. The van der Waals surface area contributed by atoms with Crippen LogP contribution in [0.1, 0.15) is 110 Å². The van der Waals surface area contributed by atoms with E-state index in [4.69, 9.17) is 18.8 Å². The molecular formula is C27H52O11S. The van der Waals surface area contributed by atoms with Gasteiger partial charge in [-0.05, 0) is 6.42 Å². The molecule has 5 N–H and O–H groups in total. The van der Waals surface area contributed by atoms with Crippen molar-refractivity contribution in [2.45, 2.75) is 146 Å².